The minimum atomic E-state index is -0.364. The van der Waals surface area contributed by atoms with Gasteiger partial charge in [0.05, 0.1) is 0 Å². The van der Waals surface area contributed by atoms with Crippen molar-refractivity contribution in [2.24, 2.45) is 10.9 Å². The van der Waals surface area contributed by atoms with Crippen LogP contribution in [0.25, 0.3) is 0 Å². The lowest BCUT2D eigenvalue weighted by Gasteiger charge is -1.99. The van der Waals surface area contributed by atoms with Gasteiger partial charge in [-0.1, -0.05) is 42.4 Å². The van der Waals surface area contributed by atoms with Crippen molar-refractivity contribution in [1.29, 1.82) is 0 Å². The quantitative estimate of drug-likeness (QED) is 0.352. The van der Waals surface area contributed by atoms with E-state index < -0.39 is 0 Å². The summed E-state index contributed by atoms with van der Waals surface area (Å²) in [6.45, 7) is 1.89. The molecule has 2 N–H and O–H groups in total. The summed E-state index contributed by atoms with van der Waals surface area (Å²) in [5, 5.41) is 3.56. The van der Waals surface area contributed by atoms with Crippen molar-refractivity contribution in [3.63, 3.8) is 0 Å². The molecular formula is C11H14N2O2. The molecule has 15 heavy (non-hydrogen) atoms. The van der Waals surface area contributed by atoms with E-state index in [-0.39, 0.29) is 11.8 Å². The second kappa shape index (κ2) is 5.80. The van der Waals surface area contributed by atoms with E-state index in [0.29, 0.717) is 6.42 Å². The van der Waals surface area contributed by atoms with Gasteiger partial charge in [0.25, 0.3) is 0 Å². The molecular weight excluding hydrogens is 192 g/mol. The first-order chi connectivity index (χ1) is 7.24. The molecule has 4 nitrogen and oxygen atoms in total. The van der Waals surface area contributed by atoms with E-state index >= 15 is 0 Å². The van der Waals surface area contributed by atoms with Gasteiger partial charge in [-0.15, -0.1) is 0 Å². The predicted molar refractivity (Wildman–Crippen MR) is 58.2 cm³/mol. The van der Waals surface area contributed by atoms with E-state index in [4.69, 9.17) is 5.73 Å². The third-order valence-corrected chi connectivity index (χ3v) is 1.77. The Kier molecular flexibility index (Phi) is 4.34. The van der Waals surface area contributed by atoms with Gasteiger partial charge in [0.1, 0.15) is 0 Å². The second-order valence-electron chi connectivity index (χ2n) is 3.06. The number of nitrogens with zero attached hydrogens (tertiary/aromatic N) is 1. The average Bonchev–Trinajstić information content (AvgIpc) is 2.27. The van der Waals surface area contributed by atoms with E-state index in [1.807, 2.05) is 25.1 Å². The van der Waals surface area contributed by atoms with Crippen LogP contribution in [0.4, 0.5) is 0 Å². The molecule has 0 fully saturated rings. The monoisotopic (exact) mass is 206 g/mol. The van der Waals surface area contributed by atoms with Gasteiger partial charge in [-0.25, -0.2) is 4.79 Å². The van der Waals surface area contributed by atoms with Crippen LogP contribution < -0.4 is 5.73 Å². The molecule has 0 aliphatic carbocycles. The van der Waals surface area contributed by atoms with E-state index in [1.54, 1.807) is 12.1 Å². The number of oxime groups is 1. The van der Waals surface area contributed by atoms with Crippen LogP contribution in [0, 0.1) is 0 Å². The summed E-state index contributed by atoms with van der Waals surface area (Å²) in [4.78, 5) is 15.6. The van der Waals surface area contributed by atoms with Crippen molar-refractivity contribution in [3.05, 3.63) is 35.9 Å². The lowest BCUT2D eigenvalue weighted by atomic mass is 10.2. The van der Waals surface area contributed by atoms with Crippen LogP contribution in [-0.2, 0) is 9.63 Å². The zero-order valence-corrected chi connectivity index (χ0v) is 8.64. The number of rotatable bonds is 4. The lowest BCUT2D eigenvalue weighted by molar-refractivity contribution is -0.143. The fourth-order valence-corrected chi connectivity index (χ4v) is 1.01. The summed E-state index contributed by atoms with van der Waals surface area (Å²) in [5.41, 5.74) is 6.35. The number of amidine groups is 1. The Bertz CT molecular complexity index is 347. The summed E-state index contributed by atoms with van der Waals surface area (Å²) >= 11 is 0. The fourth-order valence-electron chi connectivity index (χ4n) is 1.01. The average molecular weight is 206 g/mol. The standard InChI is InChI=1S/C11H14N2O2/c1-2-6-10(14)15-13-11(12)9-7-4-3-5-8-9/h3-5,7-8H,2,6H2,1H3,(H2,12,13). The van der Waals surface area contributed by atoms with Crippen molar-refractivity contribution in [3.8, 4) is 0 Å². The number of hydrogen-bond donors (Lipinski definition) is 1. The van der Waals surface area contributed by atoms with Crippen LogP contribution in [0.5, 0.6) is 0 Å². The van der Waals surface area contributed by atoms with E-state index in [1.165, 1.54) is 0 Å². The maximum absolute atomic E-state index is 11.0. The first-order valence-corrected chi connectivity index (χ1v) is 4.82. The number of carbonyl (C=O) groups excluding carboxylic acids is 1. The molecule has 0 aliphatic rings. The molecule has 0 heterocycles. The summed E-state index contributed by atoms with van der Waals surface area (Å²) in [5.74, 6) is -0.156. The molecule has 1 rings (SSSR count). The molecule has 0 bridgehead atoms. The normalized spacial score (nSPS) is 11.1. The summed E-state index contributed by atoms with van der Waals surface area (Å²) < 4.78 is 0. The highest BCUT2D eigenvalue weighted by molar-refractivity contribution is 5.97. The molecule has 0 aliphatic heterocycles. The SMILES string of the molecule is CCCC(=O)O/N=C(\N)c1ccccc1. The summed E-state index contributed by atoms with van der Waals surface area (Å²) in [7, 11) is 0. The van der Waals surface area contributed by atoms with Crippen molar-refractivity contribution in [1.82, 2.24) is 0 Å². The minimum Gasteiger partial charge on any atom is -0.380 e. The summed E-state index contributed by atoms with van der Waals surface area (Å²) in [6.07, 6.45) is 1.09. The van der Waals surface area contributed by atoms with Crippen LogP contribution in [0.1, 0.15) is 25.3 Å². The second-order valence-corrected chi connectivity index (χ2v) is 3.06. The van der Waals surface area contributed by atoms with Gasteiger partial charge >= 0.3 is 5.97 Å². The molecule has 0 aromatic heterocycles. The third-order valence-electron chi connectivity index (χ3n) is 1.77. The van der Waals surface area contributed by atoms with Crippen LogP contribution in [0.3, 0.4) is 0 Å². The van der Waals surface area contributed by atoms with Gasteiger partial charge in [-0.05, 0) is 6.42 Å². The number of benzene rings is 1. The zero-order valence-electron chi connectivity index (χ0n) is 8.64. The Balaban J connectivity index is 2.57. The highest BCUT2D eigenvalue weighted by Crippen LogP contribution is 1.99. The van der Waals surface area contributed by atoms with E-state index in [2.05, 4.69) is 9.99 Å². The number of carbonyl (C=O) groups is 1. The fraction of sp³-hybridized carbons (Fsp3) is 0.273. The van der Waals surface area contributed by atoms with Crippen molar-refractivity contribution in [2.75, 3.05) is 0 Å². The number of hydrogen-bond acceptors (Lipinski definition) is 3. The maximum atomic E-state index is 11.0. The Hall–Kier alpha value is -1.84. The first-order valence-electron chi connectivity index (χ1n) is 4.82. The molecule has 80 valence electrons. The van der Waals surface area contributed by atoms with Gasteiger partial charge in [-0.3, -0.25) is 0 Å². The highest BCUT2D eigenvalue weighted by Gasteiger charge is 2.01. The van der Waals surface area contributed by atoms with E-state index in [9.17, 15) is 4.79 Å². The topological polar surface area (TPSA) is 64.7 Å². The maximum Gasteiger partial charge on any atom is 0.335 e. The Morgan fingerprint density at radius 2 is 2.07 bits per heavy atom. The van der Waals surface area contributed by atoms with Crippen LogP contribution in [0.15, 0.2) is 35.5 Å². The van der Waals surface area contributed by atoms with Crippen molar-refractivity contribution < 1.29 is 9.63 Å². The summed E-state index contributed by atoms with van der Waals surface area (Å²) in [6, 6.07) is 9.15. The Labute approximate surface area is 88.7 Å². The molecule has 0 atom stereocenters. The van der Waals surface area contributed by atoms with Crippen LogP contribution >= 0.6 is 0 Å². The van der Waals surface area contributed by atoms with Gasteiger partial charge in [0.15, 0.2) is 5.84 Å². The lowest BCUT2D eigenvalue weighted by Crippen LogP contribution is -2.14. The Morgan fingerprint density at radius 3 is 2.67 bits per heavy atom. The molecule has 0 amide bonds. The third kappa shape index (κ3) is 3.81. The smallest absolute Gasteiger partial charge is 0.335 e. The molecule has 0 spiro atoms. The highest BCUT2D eigenvalue weighted by atomic mass is 16.7. The van der Waals surface area contributed by atoms with Crippen LogP contribution in [0.2, 0.25) is 0 Å². The number of nitrogens with two attached hydrogens (primary N) is 1. The molecule has 1 aromatic carbocycles. The molecule has 0 radical (unpaired) electrons. The minimum absolute atomic E-state index is 0.208. The van der Waals surface area contributed by atoms with Crippen molar-refractivity contribution >= 4 is 11.8 Å². The molecule has 0 unspecified atom stereocenters. The zero-order chi connectivity index (χ0) is 11.1. The predicted octanol–water partition coefficient (Wildman–Crippen LogP) is 1.65. The van der Waals surface area contributed by atoms with Crippen molar-refractivity contribution in [2.45, 2.75) is 19.8 Å². The Morgan fingerprint density at radius 1 is 1.40 bits per heavy atom. The van der Waals surface area contributed by atoms with Gasteiger partial charge in [0.2, 0.25) is 0 Å². The molecule has 0 saturated carbocycles. The van der Waals surface area contributed by atoms with Gasteiger partial charge < -0.3 is 10.6 Å². The first kappa shape index (κ1) is 11.2. The molecule has 0 saturated heterocycles. The molecule has 4 heteroatoms. The van der Waals surface area contributed by atoms with Crippen LogP contribution in [-0.4, -0.2) is 11.8 Å². The van der Waals surface area contributed by atoms with Gasteiger partial charge in [-0.2, -0.15) is 0 Å². The molecule has 1 aromatic rings. The largest absolute Gasteiger partial charge is 0.380 e. The van der Waals surface area contributed by atoms with E-state index in [0.717, 1.165) is 12.0 Å². The van der Waals surface area contributed by atoms with Gasteiger partial charge in [0, 0.05) is 12.0 Å².